The summed E-state index contributed by atoms with van der Waals surface area (Å²) in [4.78, 5) is 10.3. The van der Waals surface area contributed by atoms with Crippen molar-refractivity contribution >= 4 is 5.97 Å². The van der Waals surface area contributed by atoms with Gasteiger partial charge < -0.3 is 9.84 Å². The highest BCUT2D eigenvalue weighted by Gasteiger charge is 2.41. The van der Waals surface area contributed by atoms with Crippen molar-refractivity contribution in [2.45, 2.75) is 57.7 Å². The Kier molecular flexibility index (Phi) is 7.95. The maximum atomic E-state index is 12.3. The molecule has 17 heavy (non-hydrogen) atoms. The minimum Gasteiger partial charge on any atom is -0.481 e. The zero-order valence-electron chi connectivity index (χ0n) is 9.92. The van der Waals surface area contributed by atoms with Crippen LogP contribution >= 0.6 is 0 Å². The fraction of sp³-hybridized carbons (Fsp3) is 0.909. The van der Waals surface area contributed by atoms with Gasteiger partial charge in [0, 0.05) is 6.61 Å². The highest BCUT2D eigenvalue weighted by molar-refractivity contribution is 5.67. The Balaban J connectivity index is 3.81. The number of carboxylic acids is 1. The SMILES string of the molecule is CCCCCCCOC(CC(=O)O)C(F)(F)F. The van der Waals surface area contributed by atoms with Gasteiger partial charge in [-0.05, 0) is 6.42 Å². The first-order valence-corrected chi connectivity index (χ1v) is 5.78. The molecule has 0 aliphatic heterocycles. The largest absolute Gasteiger partial charge is 0.481 e. The Morgan fingerprint density at radius 1 is 1.24 bits per heavy atom. The van der Waals surface area contributed by atoms with Crippen LogP contribution in [0.4, 0.5) is 13.2 Å². The number of aliphatic carboxylic acids is 1. The smallest absolute Gasteiger partial charge is 0.415 e. The second kappa shape index (κ2) is 8.33. The van der Waals surface area contributed by atoms with Crippen LogP contribution in [0.15, 0.2) is 0 Å². The molecular formula is C11H19F3O3. The van der Waals surface area contributed by atoms with Crippen molar-refractivity contribution in [2.75, 3.05) is 6.61 Å². The van der Waals surface area contributed by atoms with Crippen molar-refractivity contribution in [2.24, 2.45) is 0 Å². The van der Waals surface area contributed by atoms with Gasteiger partial charge in [-0.15, -0.1) is 0 Å². The minimum atomic E-state index is -4.61. The van der Waals surface area contributed by atoms with Crippen LogP contribution in [0.1, 0.15) is 45.4 Å². The number of carboxylic acid groups (broad SMARTS) is 1. The van der Waals surface area contributed by atoms with Gasteiger partial charge in [0.15, 0.2) is 6.10 Å². The third kappa shape index (κ3) is 8.97. The summed E-state index contributed by atoms with van der Waals surface area (Å²) in [5.41, 5.74) is 0. The molecule has 0 heterocycles. The maximum Gasteiger partial charge on any atom is 0.415 e. The molecule has 0 fully saturated rings. The number of unbranched alkanes of at least 4 members (excludes halogenated alkanes) is 4. The summed E-state index contributed by atoms with van der Waals surface area (Å²) in [7, 11) is 0. The number of hydrogen-bond donors (Lipinski definition) is 1. The molecular weight excluding hydrogens is 237 g/mol. The van der Waals surface area contributed by atoms with E-state index in [1.165, 1.54) is 0 Å². The number of alkyl halides is 3. The Morgan fingerprint density at radius 2 is 1.82 bits per heavy atom. The minimum absolute atomic E-state index is 0.0405. The van der Waals surface area contributed by atoms with E-state index >= 15 is 0 Å². The van der Waals surface area contributed by atoms with E-state index < -0.39 is 24.7 Å². The zero-order valence-corrected chi connectivity index (χ0v) is 9.92. The Bertz CT molecular complexity index is 216. The highest BCUT2D eigenvalue weighted by Crippen LogP contribution is 2.25. The van der Waals surface area contributed by atoms with E-state index in [9.17, 15) is 18.0 Å². The molecule has 6 heteroatoms. The van der Waals surface area contributed by atoms with E-state index in [4.69, 9.17) is 5.11 Å². The topological polar surface area (TPSA) is 46.5 Å². The molecule has 0 spiro atoms. The van der Waals surface area contributed by atoms with Gasteiger partial charge in [-0.1, -0.05) is 32.6 Å². The van der Waals surface area contributed by atoms with Gasteiger partial charge in [-0.3, -0.25) is 4.79 Å². The molecule has 0 saturated heterocycles. The van der Waals surface area contributed by atoms with E-state index in [0.29, 0.717) is 6.42 Å². The second-order valence-corrected chi connectivity index (χ2v) is 3.91. The van der Waals surface area contributed by atoms with E-state index in [1.807, 2.05) is 6.92 Å². The molecule has 0 aromatic rings. The first-order chi connectivity index (χ1) is 7.88. The molecule has 3 nitrogen and oxygen atoms in total. The van der Waals surface area contributed by atoms with Crippen molar-refractivity contribution < 1.29 is 27.8 Å². The third-order valence-electron chi connectivity index (χ3n) is 2.29. The average molecular weight is 256 g/mol. The summed E-state index contributed by atoms with van der Waals surface area (Å²) in [6.45, 7) is 2.00. The van der Waals surface area contributed by atoms with Crippen molar-refractivity contribution in [1.29, 1.82) is 0 Å². The quantitative estimate of drug-likeness (QED) is 0.643. The van der Waals surface area contributed by atoms with Crippen LogP contribution in [0.3, 0.4) is 0 Å². The number of halogens is 3. The van der Waals surface area contributed by atoms with Gasteiger partial charge >= 0.3 is 12.1 Å². The van der Waals surface area contributed by atoms with Crippen LogP contribution in [0, 0.1) is 0 Å². The monoisotopic (exact) mass is 256 g/mol. The highest BCUT2D eigenvalue weighted by atomic mass is 19.4. The summed E-state index contributed by atoms with van der Waals surface area (Å²) in [5, 5.41) is 8.34. The lowest BCUT2D eigenvalue weighted by molar-refractivity contribution is -0.224. The van der Waals surface area contributed by atoms with Gasteiger partial charge in [0.05, 0.1) is 6.42 Å². The lowest BCUT2D eigenvalue weighted by atomic mass is 10.2. The van der Waals surface area contributed by atoms with Crippen LogP contribution in [0.25, 0.3) is 0 Å². The number of rotatable bonds is 9. The van der Waals surface area contributed by atoms with E-state index in [-0.39, 0.29) is 6.61 Å². The Labute approximate surface area is 99.0 Å². The van der Waals surface area contributed by atoms with Crippen molar-refractivity contribution in [3.8, 4) is 0 Å². The summed E-state index contributed by atoms with van der Waals surface area (Å²) < 4.78 is 41.6. The predicted octanol–water partition coefficient (Wildman–Crippen LogP) is 3.38. The van der Waals surface area contributed by atoms with Crippen LogP contribution in [-0.4, -0.2) is 30.0 Å². The van der Waals surface area contributed by atoms with Gasteiger partial charge in [0.25, 0.3) is 0 Å². The van der Waals surface area contributed by atoms with Gasteiger partial charge in [-0.2, -0.15) is 13.2 Å². The summed E-state index contributed by atoms with van der Waals surface area (Å²) in [6.07, 6.45) is -3.40. The molecule has 0 aromatic heterocycles. The van der Waals surface area contributed by atoms with Crippen LogP contribution in [-0.2, 0) is 9.53 Å². The molecule has 0 radical (unpaired) electrons. The van der Waals surface area contributed by atoms with Gasteiger partial charge in [0.2, 0.25) is 0 Å². The molecule has 102 valence electrons. The number of hydrogen-bond acceptors (Lipinski definition) is 2. The molecule has 0 aliphatic carbocycles. The van der Waals surface area contributed by atoms with Crippen LogP contribution < -0.4 is 0 Å². The normalized spacial score (nSPS) is 13.6. The standard InChI is InChI=1S/C11H19F3O3/c1-2-3-4-5-6-7-17-9(8-10(15)16)11(12,13)14/h9H,2-8H2,1H3,(H,15,16). The molecule has 0 saturated carbocycles. The van der Waals surface area contributed by atoms with Crippen LogP contribution in [0.2, 0.25) is 0 Å². The van der Waals surface area contributed by atoms with Gasteiger partial charge in [-0.25, -0.2) is 0 Å². The molecule has 0 aliphatic rings. The summed E-state index contributed by atoms with van der Waals surface area (Å²) >= 11 is 0. The maximum absolute atomic E-state index is 12.3. The molecule has 0 aromatic carbocycles. The van der Waals surface area contributed by atoms with Crippen LogP contribution in [0.5, 0.6) is 0 Å². The fourth-order valence-electron chi connectivity index (χ4n) is 1.36. The molecule has 1 N–H and O–H groups in total. The van der Waals surface area contributed by atoms with Gasteiger partial charge in [0.1, 0.15) is 0 Å². The average Bonchev–Trinajstić information content (AvgIpc) is 2.19. The van der Waals surface area contributed by atoms with Crippen molar-refractivity contribution in [3.63, 3.8) is 0 Å². The predicted molar refractivity (Wildman–Crippen MR) is 56.8 cm³/mol. The first kappa shape index (κ1) is 16.2. The van der Waals surface area contributed by atoms with E-state index in [0.717, 1.165) is 25.7 Å². The Morgan fingerprint density at radius 3 is 2.29 bits per heavy atom. The zero-order chi connectivity index (χ0) is 13.3. The summed E-state index contributed by atoms with van der Waals surface area (Å²) in [6, 6.07) is 0. The molecule has 0 bridgehead atoms. The van der Waals surface area contributed by atoms with Crippen molar-refractivity contribution in [3.05, 3.63) is 0 Å². The molecule has 1 unspecified atom stereocenters. The lowest BCUT2D eigenvalue weighted by Gasteiger charge is -2.19. The fourth-order valence-corrected chi connectivity index (χ4v) is 1.36. The molecule has 0 amide bonds. The number of ether oxygens (including phenoxy) is 1. The lowest BCUT2D eigenvalue weighted by Crippen LogP contribution is -2.34. The molecule has 0 rings (SSSR count). The van der Waals surface area contributed by atoms with E-state index in [2.05, 4.69) is 4.74 Å². The second-order valence-electron chi connectivity index (χ2n) is 3.91. The number of carbonyl (C=O) groups is 1. The summed E-state index contributed by atoms with van der Waals surface area (Å²) in [5.74, 6) is -1.50. The van der Waals surface area contributed by atoms with E-state index in [1.54, 1.807) is 0 Å². The third-order valence-corrected chi connectivity index (χ3v) is 2.29. The molecule has 1 atom stereocenters. The van der Waals surface area contributed by atoms with Crippen molar-refractivity contribution in [1.82, 2.24) is 0 Å². The Hall–Kier alpha value is -0.780. The first-order valence-electron chi connectivity index (χ1n) is 5.78.